The number of rotatable bonds is 7. The Balaban J connectivity index is 1.69. The molecule has 3 rings (SSSR count). The van der Waals surface area contributed by atoms with E-state index in [0.29, 0.717) is 28.5 Å². The molecule has 2 heterocycles. The van der Waals surface area contributed by atoms with E-state index in [0.717, 1.165) is 0 Å². The van der Waals surface area contributed by atoms with E-state index >= 15 is 0 Å². The monoisotopic (exact) mass is 369 g/mol. The van der Waals surface area contributed by atoms with Gasteiger partial charge in [-0.15, -0.1) is 0 Å². The van der Waals surface area contributed by atoms with Crippen LogP contribution in [0.4, 0.5) is 0 Å². The van der Waals surface area contributed by atoms with Gasteiger partial charge in [0.2, 0.25) is 0 Å². The van der Waals surface area contributed by atoms with Crippen LogP contribution in [0.1, 0.15) is 10.5 Å². The van der Waals surface area contributed by atoms with Crippen molar-refractivity contribution in [2.24, 2.45) is 0 Å². The average Bonchev–Trinajstić information content (AvgIpc) is 3.19. The van der Waals surface area contributed by atoms with Crippen LogP contribution in [-0.4, -0.2) is 46.6 Å². The van der Waals surface area contributed by atoms with E-state index in [4.69, 9.17) is 9.47 Å². The lowest BCUT2D eigenvalue weighted by molar-refractivity contribution is 0.0946. The van der Waals surface area contributed by atoms with Crippen LogP contribution < -0.4 is 20.3 Å². The van der Waals surface area contributed by atoms with Crippen molar-refractivity contribution in [2.45, 2.75) is 6.54 Å². The smallest absolute Gasteiger partial charge is 0.269 e. The van der Waals surface area contributed by atoms with Crippen LogP contribution >= 0.6 is 0 Å². The summed E-state index contributed by atoms with van der Waals surface area (Å²) >= 11 is 0. The van der Waals surface area contributed by atoms with Crippen LogP contribution in [0.15, 0.2) is 47.4 Å². The third-order valence-corrected chi connectivity index (χ3v) is 3.90. The maximum Gasteiger partial charge on any atom is 0.269 e. The molecule has 9 heteroatoms. The average molecular weight is 369 g/mol. The van der Waals surface area contributed by atoms with Gasteiger partial charge in [-0.25, -0.2) is 4.68 Å². The topological polar surface area (TPSA) is 111 Å². The second-order valence-electron chi connectivity index (χ2n) is 5.57. The predicted octanol–water partition coefficient (Wildman–Crippen LogP) is 1.08. The maximum absolute atomic E-state index is 12.3. The highest BCUT2D eigenvalue weighted by Gasteiger charge is 2.14. The van der Waals surface area contributed by atoms with Gasteiger partial charge in [0.25, 0.3) is 11.5 Å². The second kappa shape index (κ2) is 8.17. The molecule has 140 valence electrons. The van der Waals surface area contributed by atoms with Gasteiger partial charge in [0.05, 0.1) is 26.5 Å². The van der Waals surface area contributed by atoms with E-state index in [9.17, 15) is 9.59 Å². The lowest BCUT2D eigenvalue weighted by Crippen LogP contribution is -2.31. The molecule has 2 aromatic heterocycles. The van der Waals surface area contributed by atoms with Gasteiger partial charge in [0, 0.05) is 24.4 Å². The third-order valence-electron chi connectivity index (χ3n) is 3.90. The SMILES string of the molecule is COc1ccc(OC)c(-c2cc(C(=O)NCCn3ncccc3=O)[nH]n2)c1. The minimum atomic E-state index is -0.334. The van der Waals surface area contributed by atoms with Crippen molar-refractivity contribution < 1.29 is 14.3 Å². The van der Waals surface area contributed by atoms with Crippen LogP contribution in [0.5, 0.6) is 11.5 Å². The van der Waals surface area contributed by atoms with E-state index in [1.54, 1.807) is 44.6 Å². The summed E-state index contributed by atoms with van der Waals surface area (Å²) in [5.41, 5.74) is 1.33. The Morgan fingerprint density at radius 1 is 1.22 bits per heavy atom. The minimum Gasteiger partial charge on any atom is -0.497 e. The summed E-state index contributed by atoms with van der Waals surface area (Å²) in [5, 5.41) is 13.6. The molecular formula is C18H19N5O4. The van der Waals surface area contributed by atoms with Crippen LogP contribution in [0.25, 0.3) is 11.3 Å². The maximum atomic E-state index is 12.3. The van der Waals surface area contributed by atoms with E-state index in [2.05, 4.69) is 20.6 Å². The quantitative estimate of drug-likeness (QED) is 0.645. The molecule has 1 amide bonds. The van der Waals surface area contributed by atoms with Crippen molar-refractivity contribution in [1.82, 2.24) is 25.3 Å². The standard InChI is InChI=1S/C18H19N5O4/c1-26-12-5-6-16(27-2)13(10-12)14-11-15(22-21-14)18(25)19-8-9-23-17(24)4-3-7-20-23/h3-7,10-11H,8-9H2,1-2H3,(H,19,25)(H,21,22). The molecule has 0 spiro atoms. The number of hydrogen-bond acceptors (Lipinski definition) is 6. The number of ether oxygens (including phenoxy) is 2. The van der Waals surface area contributed by atoms with E-state index in [-0.39, 0.29) is 24.6 Å². The molecule has 0 aliphatic heterocycles. The Kier molecular flexibility index (Phi) is 5.50. The fourth-order valence-electron chi connectivity index (χ4n) is 2.52. The van der Waals surface area contributed by atoms with Crippen molar-refractivity contribution in [3.05, 3.63) is 58.6 Å². The van der Waals surface area contributed by atoms with E-state index in [1.165, 1.54) is 16.9 Å². The summed E-state index contributed by atoms with van der Waals surface area (Å²) in [4.78, 5) is 23.9. The van der Waals surface area contributed by atoms with Crippen LogP contribution in [0.2, 0.25) is 0 Å². The van der Waals surface area contributed by atoms with Gasteiger partial charge in [-0.1, -0.05) is 0 Å². The van der Waals surface area contributed by atoms with E-state index < -0.39 is 0 Å². The first-order chi connectivity index (χ1) is 13.1. The van der Waals surface area contributed by atoms with Gasteiger partial charge in [0.15, 0.2) is 0 Å². The summed E-state index contributed by atoms with van der Waals surface area (Å²) < 4.78 is 11.9. The second-order valence-corrected chi connectivity index (χ2v) is 5.57. The van der Waals surface area contributed by atoms with E-state index in [1.807, 2.05) is 0 Å². The molecule has 2 N–H and O–H groups in total. The number of nitrogens with one attached hydrogen (secondary N) is 2. The van der Waals surface area contributed by atoms with Gasteiger partial charge >= 0.3 is 0 Å². The van der Waals surface area contributed by atoms with Crippen molar-refractivity contribution in [3.63, 3.8) is 0 Å². The summed E-state index contributed by atoms with van der Waals surface area (Å²) in [6.07, 6.45) is 1.52. The Morgan fingerprint density at radius 2 is 2.07 bits per heavy atom. The third kappa shape index (κ3) is 4.14. The predicted molar refractivity (Wildman–Crippen MR) is 98.0 cm³/mol. The first-order valence-corrected chi connectivity index (χ1v) is 8.20. The van der Waals surface area contributed by atoms with Gasteiger partial charge in [0.1, 0.15) is 17.2 Å². The van der Waals surface area contributed by atoms with Gasteiger partial charge in [-0.2, -0.15) is 10.2 Å². The zero-order valence-electron chi connectivity index (χ0n) is 14.9. The lowest BCUT2D eigenvalue weighted by Gasteiger charge is -2.08. The highest BCUT2D eigenvalue weighted by Crippen LogP contribution is 2.32. The van der Waals surface area contributed by atoms with Gasteiger partial charge in [-0.3, -0.25) is 14.7 Å². The molecule has 0 aliphatic carbocycles. The van der Waals surface area contributed by atoms with Crippen LogP contribution in [-0.2, 0) is 6.54 Å². The zero-order valence-corrected chi connectivity index (χ0v) is 14.9. The summed E-state index contributed by atoms with van der Waals surface area (Å²) in [6, 6.07) is 9.94. The highest BCUT2D eigenvalue weighted by molar-refractivity contribution is 5.93. The number of aromatic amines is 1. The largest absolute Gasteiger partial charge is 0.497 e. The van der Waals surface area contributed by atoms with Crippen molar-refractivity contribution in [1.29, 1.82) is 0 Å². The molecule has 9 nitrogen and oxygen atoms in total. The summed E-state index contributed by atoms with van der Waals surface area (Å²) in [7, 11) is 3.13. The Labute approximate surface area is 154 Å². The van der Waals surface area contributed by atoms with Crippen LogP contribution in [0, 0.1) is 0 Å². The molecule has 0 aliphatic rings. The Morgan fingerprint density at radius 3 is 2.81 bits per heavy atom. The molecule has 0 fully saturated rings. The van der Waals surface area contributed by atoms with Gasteiger partial charge < -0.3 is 14.8 Å². The number of nitrogens with zero attached hydrogens (tertiary/aromatic N) is 3. The Bertz CT molecular complexity index is 995. The highest BCUT2D eigenvalue weighted by atomic mass is 16.5. The molecule has 0 saturated carbocycles. The fraction of sp³-hybridized carbons (Fsp3) is 0.222. The van der Waals surface area contributed by atoms with Crippen molar-refractivity contribution in [2.75, 3.05) is 20.8 Å². The molecule has 0 saturated heterocycles. The number of H-pyrrole nitrogens is 1. The van der Waals surface area contributed by atoms with Crippen molar-refractivity contribution >= 4 is 5.91 Å². The minimum absolute atomic E-state index is 0.222. The summed E-state index contributed by atoms with van der Waals surface area (Å²) in [5.74, 6) is 0.934. The number of carbonyl (C=O) groups excluding carboxylic acids is 1. The number of methoxy groups -OCH3 is 2. The lowest BCUT2D eigenvalue weighted by atomic mass is 10.1. The number of benzene rings is 1. The molecule has 27 heavy (non-hydrogen) atoms. The van der Waals surface area contributed by atoms with Crippen molar-refractivity contribution in [3.8, 4) is 22.8 Å². The molecule has 0 atom stereocenters. The number of amides is 1. The first kappa shape index (κ1) is 18.2. The molecule has 1 aromatic carbocycles. The number of aromatic nitrogens is 4. The molecule has 0 radical (unpaired) electrons. The summed E-state index contributed by atoms with van der Waals surface area (Å²) in [6.45, 7) is 0.530. The molecule has 3 aromatic rings. The van der Waals surface area contributed by atoms with Crippen LogP contribution in [0.3, 0.4) is 0 Å². The zero-order chi connectivity index (χ0) is 19.2. The number of carbonyl (C=O) groups is 1. The molecule has 0 unspecified atom stereocenters. The molecule has 0 bridgehead atoms. The number of hydrogen-bond donors (Lipinski definition) is 2. The normalized spacial score (nSPS) is 10.4. The fourth-order valence-corrected chi connectivity index (χ4v) is 2.52. The molecular weight excluding hydrogens is 350 g/mol. The first-order valence-electron chi connectivity index (χ1n) is 8.20. The van der Waals surface area contributed by atoms with Gasteiger partial charge in [-0.05, 0) is 30.3 Å². The Hall–Kier alpha value is -3.62.